The van der Waals surface area contributed by atoms with Gasteiger partial charge in [0.1, 0.15) is 17.1 Å². The molecule has 0 spiro atoms. The van der Waals surface area contributed by atoms with Crippen molar-refractivity contribution in [3.8, 4) is 11.5 Å². The summed E-state index contributed by atoms with van der Waals surface area (Å²) in [5.41, 5.74) is -6.50. The first-order chi connectivity index (χ1) is 12.9. The van der Waals surface area contributed by atoms with E-state index in [9.17, 15) is 36.5 Å². The third-order valence-corrected chi connectivity index (χ3v) is 5.10. The molecule has 150 valence electrons. The number of ether oxygens (including phenoxy) is 2. The Morgan fingerprint density at radius 3 is 2.32 bits per heavy atom. The Hall–Kier alpha value is -2.86. The summed E-state index contributed by atoms with van der Waals surface area (Å²) in [4.78, 5) is 20.7. The van der Waals surface area contributed by atoms with E-state index in [0.29, 0.717) is 12.1 Å². The third-order valence-electron chi connectivity index (χ3n) is 3.32. The number of nitro groups is 1. The first-order valence-electron chi connectivity index (χ1n) is 7.04. The highest BCUT2D eigenvalue weighted by atomic mass is 35.5. The molecule has 0 aliphatic rings. The third kappa shape index (κ3) is 4.17. The van der Waals surface area contributed by atoms with Crippen molar-refractivity contribution in [3.05, 3.63) is 57.1 Å². The van der Waals surface area contributed by atoms with Crippen LogP contribution in [-0.2, 0) is 14.6 Å². The van der Waals surface area contributed by atoms with E-state index < -0.39 is 47.4 Å². The van der Waals surface area contributed by atoms with Gasteiger partial charge in [0.05, 0.1) is 22.0 Å². The van der Waals surface area contributed by atoms with E-state index >= 15 is 0 Å². The maximum Gasteiger partial charge on any atom is 0.501 e. The van der Waals surface area contributed by atoms with Crippen molar-refractivity contribution in [1.29, 1.82) is 0 Å². The molecular weight excluding hydrogens is 431 g/mol. The molecule has 28 heavy (non-hydrogen) atoms. The molecule has 0 amide bonds. The van der Waals surface area contributed by atoms with Gasteiger partial charge in [-0.15, -0.1) is 0 Å². The number of alkyl halides is 3. The van der Waals surface area contributed by atoms with Gasteiger partial charge in [0.2, 0.25) is 0 Å². The highest BCUT2D eigenvalue weighted by Gasteiger charge is 2.47. The number of sulfone groups is 1. The van der Waals surface area contributed by atoms with Crippen molar-refractivity contribution in [2.75, 3.05) is 7.11 Å². The number of carbonyl (C=O) groups excluding carboxylic acids is 1. The van der Waals surface area contributed by atoms with Crippen molar-refractivity contribution < 1.29 is 40.8 Å². The fourth-order valence-electron chi connectivity index (χ4n) is 2.00. The quantitative estimate of drug-likeness (QED) is 0.391. The number of hydrogen-bond donors (Lipinski definition) is 0. The second-order valence-electron chi connectivity index (χ2n) is 5.07. The molecule has 0 saturated heterocycles. The minimum atomic E-state index is -5.60. The van der Waals surface area contributed by atoms with Crippen LogP contribution in [0.25, 0.3) is 0 Å². The zero-order valence-electron chi connectivity index (χ0n) is 13.7. The summed E-state index contributed by atoms with van der Waals surface area (Å²) in [6, 6.07) is 5.10. The summed E-state index contributed by atoms with van der Waals surface area (Å²) in [6.07, 6.45) is 0. The van der Waals surface area contributed by atoms with E-state index in [-0.39, 0.29) is 11.5 Å². The number of nitrogens with zero attached hydrogens (tertiary/aromatic N) is 1. The summed E-state index contributed by atoms with van der Waals surface area (Å²) >= 11 is 5.79. The van der Waals surface area contributed by atoms with E-state index in [2.05, 4.69) is 4.74 Å². The first-order valence-corrected chi connectivity index (χ1v) is 8.90. The zero-order chi connectivity index (χ0) is 21.3. The number of rotatable bonds is 5. The Morgan fingerprint density at radius 2 is 1.82 bits per heavy atom. The molecule has 0 bridgehead atoms. The molecule has 0 unspecified atom stereocenters. The molecule has 0 aromatic heterocycles. The van der Waals surface area contributed by atoms with E-state index in [1.807, 2.05) is 0 Å². The molecule has 2 aromatic carbocycles. The number of halogens is 4. The van der Waals surface area contributed by atoms with Crippen molar-refractivity contribution in [2.45, 2.75) is 10.4 Å². The maximum atomic E-state index is 12.6. The second-order valence-corrected chi connectivity index (χ2v) is 7.42. The fourth-order valence-corrected chi connectivity index (χ4v) is 3.07. The topological polar surface area (TPSA) is 113 Å². The normalized spacial score (nSPS) is 11.8. The van der Waals surface area contributed by atoms with Gasteiger partial charge in [0.15, 0.2) is 0 Å². The molecule has 2 aromatic rings. The molecule has 0 aliphatic heterocycles. The van der Waals surface area contributed by atoms with Gasteiger partial charge in [-0.25, -0.2) is 13.2 Å². The number of methoxy groups -OCH3 is 1. The van der Waals surface area contributed by atoms with Gasteiger partial charge in [-0.2, -0.15) is 13.2 Å². The average Bonchev–Trinajstić information content (AvgIpc) is 2.61. The molecule has 8 nitrogen and oxygen atoms in total. The van der Waals surface area contributed by atoms with Crippen LogP contribution in [0.3, 0.4) is 0 Å². The van der Waals surface area contributed by atoms with Crippen molar-refractivity contribution >= 4 is 33.1 Å². The number of carbonyl (C=O) groups is 1. The van der Waals surface area contributed by atoms with Gasteiger partial charge in [-0.1, -0.05) is 11.6 Å². The van der Waals surface area contributed by atoms with E-state index in [0.717, 1.165) is 31.4 Å². The van der Waals surface area contributed by atoms with Crippen LogP contribution >= 0.6 is 11.6 Å². The molecule has 13 heteroatoms. The Bertz CT molecular complexity index is 1050. The van der Waals surface area contributed by atoms with Gasteiger partial charge in [0, 0.05) is 12.1 Å². The lowest BCUT2D eigenvalue weighted by Gasteiger charge is -2.12. The standard InChI is InChI=1S/C15H9ClF3NO7S/c1-26-14(21)10-6-8(2-4-12(10)20(22)23)27-13-5-3-9(7-11(13)16)28(24,25)15(17,18)19/h2-7H,1H3. The van der Waals surface area contributed by atoms with Crippen molar-refractivity contribution in [2.24, 2.45) is 0 Å². The van der Waals surface area contributed by atoms with Gasteiger partial charge in [-0.05, 0) is 24.3 Å². The summed E-state index contributed by atoms with van der Waals surface area (Å²) in [5, 5.41) is 10.5. The lowest BCUT2D eigenvalue weighted by molar-refractivity contribution is -0.385. The Labute approximate surface area is 160 Å². The highest BCUT2D eigenvalue weighted by Crippen LogP contribution is 2.36. The number of hydrogen-bond acceptors (Lipinski definition) is 7. The van der Waals surface area contributed by atoms with Crippen LogP contribution in [0.1, 0.15) is 10.4 Å². The van der Waals surface area contributed by atoms with E-state index in [4.69, 9.17) is 16.3 Å². The molecule has 0 radical (unpaired) electrons. The number of benzene rings is 2. The van der Waals surface area contributed by atoms with Crippen LogP contribution in [0.4, 0.5) is 18.9 Å². The Balaban J connectivity index is 2.42. The summed E-state index contributed by atoms with van der Waals surface area (Å²) in [5.74, 6) is -1.39. The lowest BCUT2D eigenvalue weighted by atomic mass is 10.1. The predicted octanol–water partition coefficient (Wildman–Crippen LogP) is 4.12. The van der Waals surface area contributed by atoms with Crippen LogP contribution in [0.5, 0.6) is 11.5 Å². The van der Waals surface area contributed by atoms with Crippen molar-refractivity contribution in [1.82, 2.24) is 0 Å². The molecule has 0 saturated carbocycles. The summed E-state index contributed by atoms with van der Waals surface area (Å²) in [7, 11) is -4.59. The van der Waals surface area contributed by atoms with E-state index in [1.165, 1.54) is 0 Å². The predicted molar refractivity (Wildman–Crippen MR) is 89.2 cm³/mol. The molecule has 2 rings (SSSR count). The number of nitro benzene ring substituents is 1. The highest BCUT2D eigenvalue weighted by molar-refractivity contribution is 7.92. The Morgan fingerprint density at radius 1 is 1.18 bits per heavy atom. The second kappa shape index (κ2) is 7.64. The largest absolute Gasteiger partial charge is 0.501 e. The monoisotopic (exact) mass is 439 g/mol. The Kier molecular flexibility index (Phi) is 5.85. The van der Waals surface area contributed by atoms with Crippen LogP contribution in [0, 0.1) is 10.1 Å². The molecule has 0 heterocycles. The van der Waals surface area contributed by atoms with E-state index in [1.54, 1.807) is 0 Å². The van der Waals surface area contributed by atoms with Crippen LogP contribution in [-0.4, -0.2) is 31.9 Å². The summed E-state index contributed by atoms with van der Waals surface area (Å²) in [6.45, 7) is 0. The molecule has 0 atom stereocenters. The van der Waals surface area contributed by atoms with Gasteiger partial charge < -0.3 is 9.47 Å². The SMILES string of the molecule is COC(=O)c1cc(Oc2ccc(S(=O)(=O)C(F)(F)F)cc2Cl)ccc1[N+](=O)[O-]. The van der Waals surface area contributed by atoms with Gasteiger partial charge in [0.25, 0.3) is 15.5 Å². The average molecular weight is 440 g/mol. The molecule has 0 fully saturated rings. The van der Waals surface area contributed by atoms with Crippen LogP contribution in [0.15, 0.2) is 41.3 Å². The van der Waals surface area contributed by atoms with Crippen LogP contribution < -0.4 is 4.74 Å². The molecular formula is C15H9ClF3NO7S. The smallest absolute Gasteiger partial charge is 0.465 e. The zero-order valence-corrected chi connectivity index (χ0v) is 15.3. The molecule has 0 aliphatic carbocycles. The van der Waals surface area contributed by atoms with Gasteiger partial charge in [-0.3, -0.25) is 10.1 Å². The van der Waals surface area contributed by atoms with Crippen molar-refractivity contribution in [3.63, 3.8) is 0 Å². The lowest BCUT2D eigenvalue weighted by Crippen LogP contribution is -2.23. The van der Waals surface area contributed by atoms with Crippen LogP contribution in [0.2, 0.25) is 5.02 Å². The fraction of sp³-hybridized carbons (Fsp3) is 0.133. The molecule has 0 N–H and O–H groups in total. The van der Waals surface area contributed by atoms with Gasteiger partial charge >= 0.3 is 11.5 Å². The minimum absolute atomic E-state index is 0.126. The first kappa shape index (κ1) is 21.4. The number of esters is 1. The maximum absolute atomic E-state index is 12.6. The minimum Gasteiger partial charge on any atom is -0.465 e. The summed E-state index contributed by atoms with van der Waals surface area (Å²) < 4.78 is 70.3.